The number of pyridine rings is 1. The van der Waals surface area contributed by atoms with Gasteiger partial charge in [-0.25, -0.2) is 4.98 Å². The van der Waals surface area contributed by atoms with E-state index < -0.39 is 0 Å². The quantitative estimate of drug-likeness (QED) is 0.543. The van der Waals surface area contributed by atoms with Crippen molar-refractivity contribution in [2.45, 2.75) is 6.92 Å². The van der Waals surface area contributed by atoms with E-state index in [1.54, 1.807) is 6.20 Å². The second-order valence-corrected chi connectivity index (χ2v) is 5.94. The summed E-state index contributed by atoms with van der Waals surface area (Å²) in [6.07, 6.45) is 3.56. The van der Waals surface area contributed by atoms with Crippen LogP contribution in [0.25, 0.3) is 0 Å². The standard InChI is InChI=1S/C17H24N4O2.C3H4O/c1-12-9-14(18)17(20-11-12)23-15-6-5-13(19-2)10-16(15)22-8-7-21(3)4;1-2-3-4/h5-6,9-11,19H,7-8,18H2,1-4H3;2-3H,1H2. The molecule has 0 aliphatic heterocycles. The van der Waals surface area contributed by atoms with E-state index in [1.165, 1.54) is 6.08 Å². The van der Waals surface area contributed by atoms with Gasteiger partial charge in [-0.1, -0.05) is 6.58 Å². The maximum Gasteiger partial charge on any atom is 0.242 e. The van der Waals surface area contributed by atoms with E-state index in [4.69, 9.17) is 20.0 Å². The Bertz CT molecular complexity index is 742. The van der Waals surface area contributed by atoms with E-state index >= 15 is 0 Å². The first kappa shape index (κ1) is 22.0. The topological polar surface area (TPSA) is 89.7 Å². The second kappa shape index (κ2) is 11.5. The average Bonchev–Trinajstić information content (AvgIpc) is 2.65. The largest absolute Gasteiger partial charge is 0.488 e. The fourth-order valence-electron chi connectivity index (χ4n) is 1.97. The summed E-state index contributed by atoms with van der Waals surface area (Å²) in [5, 5.41) is 3.09. The molecular formula is C20H28N4O3. The molecule has 7 nitrogen and oxygen atoms in total. The third kappa shape index (κ3) is 7.79. The number of aldehydes is 1. The molecule has 0 saturated heterocycles. The van der Waals surface area contributed by atoms with Gasteiger partial charge in [-0.05, 0) is 50.9 Å². The summed E-state index contributed by atoms with van der Waals surface area (Å²) in [6, 6.07) is 7.49. The number of nitrogens with two attached hydrogens (primary N) is 1. The molecule has 0 saturated carbocycles. The van der Waals surface area contributed by atoms with Crippen molar-refractivity contribution in [3.8, 4) is 17.4 Å². The number of ether oxygens (including phenoxy) is 2. The Labute approximate surface area is 160 Å². The summed E-state index contributed by atoms with van der Waals surface area (Å²) >= 11 is 0. The van der Waals surface area contributed by atoms with Crippen molar-refractivity contribution >= 4 is 17.7 Å². The van der Waals surface area contributed by atoms with E-state index in [-0.39, 0.29) is 0 Å². The van der Waals surface area contributed by atoms with Crippen LogP contribution in [0, 0.1) is 6.92 Å². The third-order valence-corrected chi connectivity index (χ3v) is 3.35. The van der Waals surface area contributed by atoms with E-state index in [1.807, 2.05) is 52.3 Å². The molecule has 27 heavy (non-hydrogen) atoms. The molecule has 0 unspecified atom stereocenters. The van der Waals surface area contributed by atoms with Crippen LogP contribution in [-0.2, 0) is 4.79 Å². The predicted octanol–water partition coefficient (Wildman–Crippen LogP) is 3.12. The number of carbonyl (C=O) groups is 1. The molecule has 0 spiro atoms. The Kier molecular flexibility index (Phi) is 9.39. The predicted molar refractivity (Wildman–Crippen MR) is 110 cm³/mol. The van der Waals surface area contributed by atoms with E-state index in [2.05, 4.69) is 21.8 Å². The van der Waals surface area contributed by atoms with Gasteiger partial charge in [0.1, 0.15) is 12.9 Å². The molecule has 3 N–H and O–H groups in total. The van der Waals surface area contributed by atoms with Crippen LogP contribution < -0.4 is 20.5 Å². The molecule has 0 atom stereocenters. The highest BCUT2D eigenvalue weighted by Gasteiger charge is 2.11. The van der Waals surface area contributed by atoms with Crippen molar-refractivity contribution in [2.24, 2.45) is 0 Å². The van der Waals surface area contributed by atoms with Gasteiger partial charge in [0.15, 0.2) is 11.5 Å². The minimum absolute atomic E-state index is 0.380. The molecule has 7 heteroatoms. The SMILES string of the molecule is C=CC=O.CNc1ccc(Oc2ncc(C)cc2N)c(OCCN(C)C)c1. The van der Waals surface area contributed by atoms with Gasteiger partial charge in [-0.3, -0.25) is 4.79 Å². The van der Waals surface area contributed by atoms with Crippen molar-refractivity contribution in [3.63, 3.8) is 0 Å². The second-order valence-electron chi connectivity index (χ2n) is 5.94. The molecule has 1 heterocycles. The zero-order chi connectivity index (χ0) is 20.2. The number of allylic oxidation sites excluding steroid dienone is 1. The number of hydrogen-bond acceptors (Lipinski definition) is 7. The van der Waals surface area contributed by atoms with Gasteiger partial charge in [-0.15, -0.1) is 0 Å². The summed E-state index contributed by atoms with van der Waals surface area (Å²) in [5.41, 5.74) is 8.40. The number of nitrogen functional groups attached to an aromatic ring is 1. The van der Waals surface area contributed by atoms with Crippen LogP contribution in [-0.4, -0.2) is 50.5 Å². The van der Waals surface area contributed by atoms with Crippen LogP contribution in [0.1, 0.15) is 5.56 Å². The highest BCUT2D eigenvalue weighted by atomic mass is 16.5. The number of rotatable bonds is 8. The van der Waals surface area contributed by atoms with Crippen LogP contribution in [0.2, 0.25) is 0 Å². The summed E-state index contributed by atoms with van der Waals surface area (Å²) in [6.45, 7) is 6.42. The molecule has 1 aromatic heterocycles. The fraction of sp³-hybridized carbons (Fsp3) is 0.300. The molecule has 1 aromatic carbocycles. The summed E-state index contributed by atoms with van der Waals surface area (Å²) < 4.78 is 11.7. The number of benzene rings is 1. The van der Waals surface area contributed by atoms with E-state index in [0.717, 1.165) is 17.8 Å². The zero-order valence-corrected chi connectivity index (χ0v) is 16.4. The summed E-state index contributed by atoms with van der Waals surface area (Å²) in [7, 11) is 5.86. The normalized spacial score (nSPS) is 9.81. The van der Waals surface area contributed by atoms with Crippen molar-refractivity contribution in [1.82, 2.24) is 9.88 Å². The Morgan fingerprint density at radius 2 is 2.00 bits per heavy atom. The van der Waals surface area contributed by atoms with Gasteiger partial charge in [0.05, 0.1) is 5.69 Å². The summed E-state index contributed by atoms with van der Waals surface area (Å²) in [5.74, 6) is 1.62. The van der Waals surface area contributed by atoms with Gasteiger partial charge in [0.25, 0.3) is 0 Å². The third-order valence-electron chi connectivity index (χ3n) is 3.35. The minimum Gasteiger partial charge on any atom is -0.488 e. The molecule has 0 radical (unpaired) electrons. The van der Waals surface area contributed by atoms with Crippen molar-refractivity contribution in [1.29, 1.82) is 0 Å². The molecule has 0 aliphatic carbocycles. The van der Waals surface area contributed by atoms with Crippen LogP contribution in [0.4, 0.5) is 11.4 Å². The van der Waals surface area contributed by atoms with Crippen LogP contribution in [0.3, 0.4) is 0 Å². The van der Waals surface area contributed by atoms with Crippen molar-refractivity contribution < 1.29 is 14.3 Å². The van der Waals surface area contributed by atoms with Gasteiger partial charge >= 0.3 is 0 Å². The number of nitrogens with zero attached hydrogens (tertiary/aromatic N) is 2. The Morgan fingerprint density at radius 3 is 2.56 bits per heavy atom. The van der Waals surface area contributed by atoms with Gasteiger partial charge in [0.2, 0.25) is 5.88 Å². The highest BCUT2D eigenvalue weighted by molar-refractivity contribution is 5.63. The summed E-state index contributed by atoms with van der Waals surface area (Å²) in [4.78, 5) is 15.4. The highest BCUT2D eigenvalue weighted by Crippen LogP contribution is 2.35. The van der Waals surface area contributed by atoms with Crippen LogP contribution in [0.15, 0.2) is 43.1 Å². The average molecular weight is 372 g/mol. The first-order chi connectivity index (χ1) is 12.9. The first-order valence-corrected chi connectivity index (χ1v) is 8.46. The number of carbonyl (C=O) groups excluding carboxylic acids is 1. The number of aromatic nitrogens is 1. The molecule has 0 bridgehead atoms. The molecular weight excluding hydrogens is 344 g/mol. The van der Waals surface area contributed by atoms with Crippen LogP contribution >= 0.6 is 0 Å². The minimum atomic E-state index is 0.380. The van der Waals surface area contributed by atoms with Crippen molar-refractivity contribution in [3.05, 3.63) is 48.7 Å². The lowest BCUT2D eigenvalue weighted by atomic mass is 10.2. The number of anilines is 2. The monoisotopic (exact) mass is 372 g/mol. The molecule has 146 valence electrons. The van der Waals surface area contributed by atoms with Gasteiger partial charge < -0.3 is 25.4 Å². The molecule has 0 aliphatic rings. The maximum absolute atomic E-state index is 9.06. The molecule has 2 rings (SSSR count). The first-order valence-electron chi connectivity index (χ1n) is 8.46. The zero-order valence-electron chi connectivity index (χ0n) is 16.4. The number of nitrogens with one attached hydrogen (secondary N) is 1. The molecule has 0 amide bonds. The number of likely N-dealkylation sites (N-methyl/N-ethyl adjacent to an activating group) is 1. The molecule has 0 fully saturated rings. The Hall–Kier alpha value is -3.06. The van der Waals surface area contributed by atoms with Gasteiger partial charge in [-0.2, -0.15) is 0 Å². The van der Waals surface area contributed by atoms with Gasteiger partial charge in [0, 0.05) is 31.5 Å². The maximum atomic E-state index is 9.06. The van der Waals surface area contributed by atoms with E-state index in [0.29, 0.717) is 36.0 Å². The lowest BCUT2D eigenvalue weighted by Gasteiger charge is -2.16. The Balaban J connectivity index is 0.000000828. The fourth-order valence-corrected chi connectivity index (χ4v) is 1.97. The van der Waals surface area contributed by atoms with Crippen molar-refractivity contribution in [2.75, 3.05) is 45.3 Å². The number of hydrogen-bond donors (Lipinski definition) is 2. The van der Waals surface area contributed by atoms with E-state index in [9.17, 15) is 0 Å². The molecule has 2 aromatic rings. The lowest BCUT2D eigenvalue weighted by molar-refractivity contribution is -0.104. The smallest absolute Gasteiger partial charge is 0.242 e. The lowest BCUT2D eigenvalue weighted by Crippen LogP contribution is -2.19. The number of aryl methyl sites for hydroxylation is 1. The van der Waals surface area contributed by atoms with Crippen LogP contribution in [0.5, 0.6) is 17.4 Å². The Morgan fingerprint density at radius 1 is 1.30 bits per heavy atom.